The molecule has 1 fully saturated rings. The maximum atomic E-state index is 13.4. The van der Waals surface area contributed by atoms with Gasteiger partial charge in [-0.1, -0.05) is 23.2 Å². The van der Waals surface area contributed by atoms with E-state index >= 15 is 0 Å². The second-order valence-corrected chi connectivity index (χ2v) is 9.91. The molecule has 35 heavy (non-hydrogen) atoms. The molecular weight excluding hydrogens is 485 g/mol. The van der Waals surface area contributed by atoms with Crippen molar-refractivity contribution >= 4 is 39.9 Å². The Kier molecular flexibility index (Phi) is 6.84. The number of hydrogen-bond donors (Lipinski definition) is 1. The number of nitrogens with one attached hydrogen (secondary N) is 1. The van der Waals surface area contributed by atoms with Crippen LogP contribution in [0.5, 0.6) is 0 Å². The van der Waals surface area contributed by atoms with Crippen LogP contribution in [0.3, 0.4) is 0 Å². The molecule has 0 amide bonds. The van der Waals surface area contributed by atoms with E-state index in [-0.39, 0.29) is 11.6 Å². The molecule has 0 bridgehead atoms. The molecule has 1 aromatic carbocycles. The predicted octanol–water partition coefficient (Wildman–Crippen LogP) is 4.69. The van der Waals surface area contributed by atoms with Crippen LogP contribution in [0.15, 0.2) is 59.8 Å². The van der Waals surface area contributed by atoms with Gasteiger partial charge in [0.15, 0.2) is 0 Å². The van der Waals surface area contributed by atoms with E-state index in [1.54, 1.807) is 16.7 Å². The van der Waals surface area contributed by atoms with Gasteiger partial charge in [-0.25, -0.2) is 4.98 Å². The van der Waals surface area contributed by atoms with Crippen molar-refractivity contribution in [2.75, 3.05) is 51.8 Å². The second-order valence-electron chi connectivity index (χ2n) is 9.03. The standard InChI is InChI=1S/C26H27Cl2N5O2/c1-31(2)16-24(18-9-19(27)12-20(28)10-18)33-4-3-17(11-25(33)34)23-15-30-26-22(23)13-21(14-29-26)32-5-7-35-8-6-32/h3-4,9-15,24H,5-8,16H2,1-2H3,(H,29,30)/t24-/m1/s1. The number of hydrogen-bond acceptors (Lipinski definition) is 5. The molecule has 0 unspecified atom stereocenters. The van der Waals surface area contributed by atoms with E-state index in [0.717, 1.165) is 46.5 Å². The van der Waals surface area contributed by atoms with Crippen LogP contribution in [0.1, 0.15) is 11.6 Å². The number of aromatic amines is 1. The van der Waals surface area contributed by atoms with Crippen molar-refractivity contribution in [3.8, 4) is 11.1 Å². The Bertz CT molecular complexity index is 1390. The summed E-state index contributed by atoms with van der Waals surface area (Å²) in [7, 11) is 3.95. The molecule has 7 nitrogen and oxygen atoms in total. The quantitative estimate of drug-likeness (QED) is 0.406. The highest BCUT2D eigenvalue weighted by molar-refractivity contribution is 6.34. The molecule has 1 saturated heterocycles. The lowest BCUT2D eigenvalue weighted by molar-refractivity contribution is 0.122. The minimum atomic E-state index is -0.236. The Morgan fingerprint density at radius 1 is 1.11 bits per heavy atom. The van der Waals surface area contributed by atoms with Gasteiger partial charge in [-0.15, -0.1) is 0 Å². The third kappa shape index (κ3) is 5.09. The average molecular weight is 512 g/mol. The summed E-state index contributed by atoms with van der Waals surface area (Å²) >= 11 is 12.5. The summed E-state index contributed by atoms with van der Waals surface area (Å²) in [6, 6.07) is 11.0. The van der Waals surface area contributed by atoms with Crippen LogP contribution < -0.4 is 10.5 Å². The summed E-state index contributed by atoms with van der Waals surface area (Å²) in [5, 5.41) is 2.07. The van der Waals surface area contributed by atoms with E-state index < -0.39 is 0 Å². The van der Waals surface area contributed by atoms with E-state index in [2.05, 4.69) is 20.9 Å². The maximum Gasteiger partial charge on any atom is 0.251 e. The van der Waals surface area contributed by atoms with Gasteiger partial charge < -0.3 is 24.1 Å². The fourth-order valence-corrected chi connectivity index (χ4v) is 5.15. The van der Waals surface area contributed by atoms with Crippen LogP contribution in [0.2, 0.25) is 10.0 Å². The number of morpholine rings is 1. The van der Waals surface area contributed by atoms with Crippen molar-refractivity contribution in [1.82, 2.24) is 19.4 Å². The summed E-state index contributed by atoms with van der Waals surface area (Å²) in [5.74, 6) is 0. The lowest BCUT2D eigenvalue weighted by atomic mass is 10.0. The van der Waals surface area contributed by atoms with Gasteiger partial charge in [0.05, 0.1) is 31.1 Å². The summed E-state index contributed by atoms with van der Waals surface area (Å²) in [5.41, 5.74) is 4.42. The molecule has 1 aliphatic heterocycles. The Morgan fingerprint density at radius 3 is 2.54 bits per heavy atom. The van der Waals surface area contributed by atoms with E-state index in [4.69, 9.17) is 27.9 Å². The minimum absolute atomic E-state index is 0.0999. The van der Waals surface area contributed by atoms with Gasteiger partial charge in [-0.2, -0.15) is 0 Å². The Morgan fingerprint density at radius 2 is 1.86 bits per heavy atom. The highest BCUT2D eigenvalue weighted by Crippen LogP contribution is 2.31. The van der Waals surface area contributed by atoms with Crippen LogP contribution in [0, 0.1) is 0 Å². The number of nitrogens with zero attached hydrogens (tertiary/aromatic N) is 4. The van der Waals surface area contributed by atoms with Crippen molar-refractivity contribution in [1.29, 1.82) is 0 Å². The second kappa shape index (κ2) is 10.0. The lowest BCUT2D eigenvalue weighted by Crippen LogP contribution is -2.36. The summed E-state index contributed by atoms with van der Waals surface area (Å²) in [4.78, 5) is 25.5. The number of ether oxygens (including phenoxy) is 1. The zero-order valence-corrected chi connectivity index (χ0v) is 21.2. The van der Waals surface area contributed by atoms with Gasteiger partial charge in [0.25, 0.3) is 5.56 Å². The molecule has 4 heterocycles. The first-order valence-electron chi connectivity index (χ1n) is 11.5. The monoisotopic (exact) mass is 511 g/mol. The zero-order valence-electron chi connectivity index (χ0n) is 19.7. The summed E-state index contributed by atoms with van der Waals surface area (Å²) in [6.45, 7) is 3.72. The molecule has 182 valence electrons. The number of aromatic nitrogens is 3. The number of halogens is 2. The third-order valence-corrected chi connectivity index (χ3v) is 6.73. The van der Waals surface area contributed by atoms with Crippen molar-refractivity contribution in [2.24, 2.45) is 0 Å². The van der Waals surface area contributed by atoms with E-state index in [0.29, 0.717) is 29.8 Å². The smallest absolute Gasteiger partial charge is 0.251 e. The van der Waals surface area contributed by atoms with Crippen LogP contribution in [0.4, 0.5) is 5.69 Å². The number of anilines is 1. The molecule has 0 radical (unpaired) electrons. The fourth-order valence-electron chi connectivity index (χ4n) is 4.61. The Labute approximate surface area is 213 Å². The zero-order chi connectivity index (χ0) is 24.5. The maximum absolute atomic E-state index is 13.4. The number of rotatable bonds is 6. The topological polar surface area (TPSA) is 66.4 Å². The first kappa shape index (κ1) is 23.9. The van der Waals surface area contributed by atoms with Crippen molar-refractivity contribution in [2.45, 2.75) is 6.04 Å². The molecule has 1 atom stereocenters. The molecule has 3 aromatic heterocycles. The van der Waals surface area contributed by atoms with Crippen LogP contribution in [0.25, 0.3) is 22.2 Å². The largest absolute Gasteiger partial charge is 0.378 e. The molecule has 0 saturated carbocycles. The Balaban J connectivity index is 1.53. The molecule has 0 aliphatic carbocycles. The van der Waals surface area contributed by atoms with Crippen molar-refractivity contribution in [3.63, 3.8) is 0 Å². The molecule has 1 aliphatic rings. The first-order chi connectivity index (χ1) is 16.9. The van der Waals surface area contributed by atoms with Gasteiger partial charge in [0, 0.05) is 59.1 Å². The van der Waals surface area contributed by atoms with Crippen molar-refractivity contribution < 1.29 is 4.74 Å². The highest BCUT2D eigenvalue weighted by Gasteiger charge is 2.19. The predicted molar refractivity (Wildman–Crippen MR) is 142 cm³/mol. The first-order valence-corrected chi connectivity index (χ1v) is 12.3. The average Bonchev–Trinajstić information content (AvgIpc) is 3.26. The van der Waals surface area contributed by atoms with Crippen molar-refractivity contribution in [3.05, 3.63) is 81.0 Å². The molecule has 5 rings (SSSR count). The van der Waals surface area contributed by atoms with Crippen LogP contribution in [-0.2, 0) is 4.74 Å². The van der Waals surface area contributed by atoms with Gasteiger partial charge in [-0.3, -0.25) is 4.79 Å². The fraction of sp³-hybridized carbons (Fsp3) is 0.308. The number of fused-ring (bicyclic) bond motifs is 1. The highest BCUT2D eigenvalue weighted by atomic mass is 35.5. The molecular formula is C26H27Cl2N5O2. The van der Waals surface area contributed by atoms with E-state index in [9.17, 15) is 4.79 Å². The van der Waals surface area contributed by atoms with E-state index in [1.807, 2.05) is 55.8 Å². The van der Waals surface area contributed by atoms with E-state index in [1.165, 1.54) is 0 Å². The summed E-state index contributed by atoms with van der Waals surface area (Å²) < 4.78 is 7.21. The number of benzene rings is 1. The van der Waals surface area contributed by atoms with Gasteiger partial charge >= 0.3 is 0 Å². The normalized spacial score (nSPS) is 15.2. The number of pyridine rings is 2. The molecule has 9 heteroatoms. The van der Waals surface area contributed by atoms with Crippen LogP contribution in [-0.4, -0.2) is 66.4 Å². The number of H-pyrrole nitrogens is 1. The SMILES string of the molecule is CN(C)C[C@H](c1cc(Cl)cc(Cl)c1)n1ccc(-c2c[nH]c3ncc(N4CCOCC4)cc23)cc1=O. The minimum Gasteiger partial charge on any atom is -0.378 e. The van der Waals surface area contributed by atoms with Gasteiger partial charge in [0.1, 0.15) is 5.65 Å². The van der Waals surface area contributed by atoms with Crippen LogP contribution >= 0.6 is 23.2 Å². The molecule has 4 aromatic rings. The van der Waals surface area contributed by atoms with Gasteiger partial charge in [0.2, 0.25) is 0 Å². The lowest BCUT2D eigenvalue weighted by Gasteiger charge is -2.28. The Hall–Kier alpha value is -2.84. The van der Waals surface area contributed by atoms with Gasteiger partial charge in [-0.05, 0) is 55.6 Å². The number of likely N-dealkylation sites (N-methyl/N-ethyl adjacent to an activating group) is 1. The molecule has 1 N–H and O–H groups in total. The summed E-state index contributed by atoms with van der Waals surface area (Å²) in [6.07, 6.45) is 5.64. The third-order valence-electron chi connectivity index (χ3n) is 6.30. The molecule has 0 spiro atoms.